The van der Waals surface area contributed by atoms with E-state index in [1.54, 1.807) is 0 Å². The van der Waals surface area contributed by atoms with E-state index in [0.717, 1.165) is 12.4 Å². The third-order valence-corrected chi connectivity index (χ3v) is 3.76. The largest absolute Gasteiger partial charge is 0.363 e. The Kier molecular flexibility index (Phi) is 8.80. The molecule has 0 saturated heterocycles. The normalized spacial score (nSPS) is 11.7. The highest BCUT2D eigenvalue weighted by molar-refractivity contribution is 5.98. The number of benzene rings is 1. The molecule has 0 radical (unpaired) electrons. The van der Waals surface area contributed by atoms with Gasteiger partial charge >= 0.3 is 0 Å². The van der Waals surface area contributed by atoms with Crippen LogP contribution in [-0.4, -0.2) is 31.4 Å². The van der Waals surface area contributed by atoms with E-state index in [1.807, 2.05) is 0 Å². The Balaban J connectivity index is 2.38. The van der Waals surface area contributed by atoms with Crippen molar-refractivity contribution >= 4 is 5.84 Å². The highest BCUT2D eigenvalue weighted by atomic mass is 15.1. The van der Waals surface area contributed by atoms with Crippen molar-refractivity contribution < 1.29 is 0 Å². The van der Waals surface area contributed by atoms with Gasteiger partial charge in [-0.3, -0.25) is 4.99 Å². The minimum absolute atomic E-state index is 0.940. The zero-order chi connectivity index (χ0) is 15.5. The van der Waals surface area contributed by atoms with Crippen LogP contribution in [0.3, 0.4) is 0 Å². The van der Waals surface area contributed by atoms with Crippen LogP contribution in [0.25, 0.3) is 0 Å². The molecule has 0 unspecified atom stereocenters. The molecule has 1 aromatic rings. The molecule has 0 aliphatic carbocycles. The lowest BCUT2D eigenvalue weighted by molar-refractivity contribution is 0.586. The molecule has 0 atom stereocenters. The van der Waals surface area contributed by atoms with Crippen LogP contribution in [0.2, 0.25) is 0 Å². The maximum absolute atomic E-state index is 4.80. The molecule has 0 amide bonds. The van der Waals surface area contributed by atoms with Gasteiger partial charge in [0.15, 0.2) is 0 Å². The Morgan fingerprint density at radius 2 is 1.48 bits per heavy atom. The molecule has 2 nitrogen and oxygen atoms in total. The van der Waals surface area contributed by atoms with Crippen LogP contribution in [-0.2, 0) is 0 Å². The molecule has 0 aliphatic rings. The van der Waals surface area contributed by atoms with Crippen LogP contribution in [0.15, 0.2) is 29.3 Å². The lowest BCUT2D eigenvalue weighted by Gasteiger charge is -2.16. The zero-order valence-corrected chi connectivity index (χ0v) is 14.4. The Hall–Kier alpha value is -1.31. The van der Waals surface area contributed by atoms with Crippen molar-refractivity contribution in [3.05, 3.63) is 35.4 Å². The first-order valence-corrected chi connectivity index (χ1v) is 8.44. The second-order valence-corrected chi connectivity index (χ2v) is 6.09. The van der Waals surface area contributed by atoms with E-state index in [0.29, 0.717) is 0 Å². The topological polar surface area (TPSA) is 15.6 Å². The second kappa shape index (κ2) is 10.4. The fraction of sp³-hybridized carbons (Fsp3) is 0.632. The van der Waals surface area contributed by atoms with Gasteiger partial charge in [0.05, 0.1) is 0 Å². The maximum atomic E-state index is 4.80. The van der Waals surface area contributed by atoms with Gasteiger partial charge in [0.25, 0.3) is 0 Å². The molecule has 0 aliphatic heterocycles. The molecule has 0 N–H and O–H groups in total. The number of aliphatic imine (C=N–C) groups is 1. The molecule has 21 heavy (non-hydrogen) atoms. The number of aryl methyl sites for hydroxylation is 1. The molecule has 0 heterocycles. The van der Waals surface area contributed by atoms with Crippen LogP contribution in [0.4, 0.5) is 0 Å². The first-order chi connectivity index (χ1) is 10.1. The minimum atomic E-state index is 0.940. The van der Waals surface area contributed by atoms with Gasteiger partial charge in [-0.15, -0.1) is 0 Å². The third-order valence-electron chi connectivity index (χ3n) is 3.76. The van der Waals surface area contributed by atoms with E-state index in [1.165, 1.54) is 56.1 Å². The number of amidine groups is 1. The quantitative estimate of drug-likeness (QED) is 0.352. The number of hydrogen-bond acceptors (Lipinski definition) is 1. The molecule has 0 aromatic heterocycles. The van der Waals surface area contributed by atoms with Crippen molar-refractivity contribution in [1.82, 2.24) is 4.90 Å². The fourth-order valence-corrected chi connectivity index (χ4v) is 2.45. The van der Waals surface area contributed by atoms with Crippen molar-refractivity contribution in [3.8, 4) is 0 Å². The summed E-state index contributed by atoms with van der Waals surface area (Å²) in [7, 11) is 4.15. The average Bonchev–Trinajstić information content (AvgIpc) is 2.47. The Morgan fingerprint density at radius 1 is 0.905 bits per heavy atom. The predicted octanol–water partition coefficient (Wildman–Crippen LogP) is 5.05. The monoisotopic (exact) mass is 288 g/mol. The van der Waals surface area contributed by atoms with E-state index in [-0.39, 0.29) is 0 Å². The van der Waals surface area contributed by atoms with E-state index in [4.69, 9.17) is 4.99 Å². The summed E-state index contributed by atoms with van der Waals surface area (Å²) < 4.78 is 0. The minimum Gasteiger partial charge on any atom is -0.363 e. The lowest BCUT2D eigenvalue weighted by Crippen LogP contribution is -2.23. The van der Waals surface area contributed by atoms with Gasteiger partial charge < -0.3 is 4.90 Å². The van der Waals surface area contributed by atoms with Gasteiger partial charge in [0.2, 0.25) is 0 Å². The number of hydrogen-bond donors (Lipinski definition) is 0. The smallest absolute Gasteiger partial charge is 0.130 e. The van der Waals surface area contributed by atoms with Crippen molar-refractivity contribution in [3.63, 3.8) is 0 Å². The van der Waals surface area contributed by atoms with Gasteiger partial charge in [-0.05, 0) is 13.3 Å². The van der Waals surface area contributed by atoms with Crippen LogP contribution in [0.5, 0.6) is 0 Å². The summed E-state index contributed by atoms with van der Waals surface area (Å²) >= 11 is 0. The van der Waals surface area contributed by atoms with Crippen molar-refractivity contribution in [1.29, 1.82) is 0 Å². The molecule has 0 spiro atoms. The molecule has 0 fully saturated rings. The molecule has 1 rings (SSSR count). The van der Waals surface area contributed by atoms with Crippen LogP contribution in [0, 0.1) is 6.92 Å². The van der Waals surface area contributed by atoms with E-state index in [9.17, 15) is 0 Å². The van der Waals surface area contributed by atoms with Crippen LogP contribution < -0.4 is 0 Å². The summed E-state index contributed by atoms with van der Waals surface area (Å²) in [5, 5.41) is 0. The summed E-state index contributed by atoms with van der Waals surface area (Å²) in [6.07, 6.45) is 9.36. The standard InChI is InChI=1S/C19H32N2/c1-5-6-7-8-9-10-11-16-20-19(21(3)4)18-14-12-17(2)13-15-18/h12-15H,5-11,16H2,1-4H3. The molecule has 118 valence electrons. The summed E-state index contributed by atoms with van der Waals surface area (Å²) in [5.74, 6) is 1.10. The molecule has 1 aromatic carbocycles. The average molecular weight is 288 g/mol. The summed E-state index contributed by atoms with van der Waals surface area (Å²) in [5.41, 5.74) is 2.51. The van der Waals surface area contributed by atoms with Gasteiger partial charge in [-0.2, -0.15) is 0 Å². The van der Waals surface area contributed by atoms with Gasteiger partial charge in [0, 0.05) is 26.2 Å². The molecule has 0 bridgehead atoms. The first-order valence-electron chi connectivity index (χ1n) is 8.44. The van der Waals surface area contributed by atoms with E-state index < -0.39 is 0 Å². The SMILES string of the molecule is CCCCCCCCCN=C(c1ccc(C)cc1)N(C)C. The highest BCUT2D eigenvalue weighted by Crippen LogP contribution is 2.09. The number of nitrogens with zero attached hydrogens (tertiary/aromatic N) is 2. The first kappa shape index (κ1) is 17.7. The molecular formula is C19H32N2. The lowest BCUT2D eigenvalue weighted by atomic mass is 10.1. The number of rotatable bonds is 9. The number of unbranched alkanes of at least 4 members (excludes halogenated alkanes) is 6. The fourth-order valence-electron chi connectivity index (χ4n) is 2.45. The second-order valence-electron chi connectivity index (χ2n) is 6.09. The summed E-state index contributed by atoms with van der Waals surface area (Å²) in [6.45, 7) is 5.33. The third kappa shape index (κ3) is 7.31. The molecule has 2 heteroatoms. The summed E-state index contributed by atoms with van der Waals surface area (Å²) in [6, 6.07) is 8.64. The Bertz CT molecular complexity index is 404. The van der Waals surface area contributed by atoms with Crippen LogP contribution >= 0.6 is 0 Å². The van der Waals surface area contributed by atoms with Crippen molar-refractivity contribution in [2.75, 3.05) is 20.6 Å². The Labute approximate surface area is 131 Å². The van der Waals surface area contributed by atoms with Gasteiger partial charge in [0.1, 0.15) is 5.84 Å². The van der Waals surface area contributed by atoms with Gasteiger partial charge in [-0.1, -0.05) is 75.3 Å². The zero-order valence-electron chi connectivity index (χ0n) is 14.4. The maximum Gasteiger partial charge on any atom is 0.130 e. The van der Waals surface area contributed by atoms with Crippen LogP contribution in [0.1, 0.15) is 63.0 Å². The summed E-state index contributed by atoms with van der Waals surface area (Å²) in [4.78, 5) is 6.92. The van der Waals surface area contributed by atoms with Crippen molar-refractivity contribution in [2.45, 2.75) is 58.8 Å². The van der Waals surface area contributed by atoms with Crippen molar-refractivity contribution in [2.24, 2.45) is 4.99 Å². The Morgan fingerprint density at radius 3 is 2.05 bits per heavy atom. The van der Waals surface area contributed by atoms with Gasteiger partial charge in [-0.25, -0.2) is 0 Å². The molecule has 0 saturated carbocycles. The van der Waals surface area contributed by atoms with E-state index in [2.05, 4.69) is 57.1 Å². The highest BCUT2D eigenvalue weighted by Gasteiger charge is 2.04. The van der Waals surface area contributed by atoms with E-state index >= 15 is 0 Å². The predicted molar refractivity (Wildman–Crippen MR) is 94.3 cm³/mol. The molecular weight excluding hydrogens is 256 g/mol.